The van der Waals surface area contributed by atoms with Gasteiger partial charge in [0.15, 0.2) is 0 Å². The van der Waals surface area contributed by atoms with Crippen molar-refractivity contribution in [1.82, 2.24) is 10.3 Å². The van der Waals surface area contributed by atoms with Crippen LogP contribution in [0.15, 0.2) is 47.1 Å². The Hall–Kier alpha value is -2.69. The van der Waals surface area contributed by atoms with E-state index >= 15 is 0 Å². The number of H-pyrrole nitrogens is 1. The average molecular weight is 269 g/mol. The molecular formula is C15H15N3O2. The quantitative estimate of drug-likeness (QED) is 0.635. The van der Waals surface area contributed by atoms with E-state index in [1.165, 1.54) is 0 Å². The third kappa shape index (κ3) is 2.51. The van der Waals surface area contributed by atoms with Crippen LogP contribution in [-0.4, -0.2) is 17.4 Å². The van der Waals surface area contributed by atoms with Gasteiger partial charge in [-0.25, -0.2) is 0 Å². The summed E-state index contributed by atoms with van der Waals surface area (Å²) < 4.78 is 5.21. The number of fused-ring (bicyclic) bond motifs is 1. The van der Waals surface area contributed by atoms with Crippen molar-refractivity contribution >= 4 is 22.5 Å². The molecule has 5 heteroatoms. The van der Waals surface area contributed by atoms with E-state index in [1.807, 2.05) is 24.3 Å². The van der Waals surface area contributed by atoms with Crippen LogP contribution in [0.25, 0.3) is 10.9 Å². The lowest BCUT2D eigenvalue weighted by Gasteiger charge is -2.01. The molecule has 0 bridgehead atoms. The SMILES string of the molecule is Nc1ccc2[nH]c(C(=O)NCCc3ccco3)cc2c1. The molecule has 2 heterocycles. The first-order valence-corrected chi connectivity index (χ1v) is 6.41. The fourth-order valence-electron chi connectivity index (χ4n) is 2.12. The predicted molar refractivity (Wildman–Crippen MR) is 77.5 cm³/mol. The number of nitrogens with two attached hydrogens (primary N) is 1. The lowest BCUT2D eigenvalue weighted by molar-refractivity contribution is 0.0949. The number of amides is 1. The van der Waals surface area contributed by atoms with Gasteiger partial charge < -0.3 is 20.5 Å². The van der Waals surface area contributed by atoms with Crippen LogP contribution in [0.2, 0.25) is 0 Å². The summed E-state index contributed by atoms with van der Waals surface area (Å²) in [6, 6.07) is 11.0. The van der Waals surface area contributed by atoms with Gasteiger partial charge in [-0.05, 0) is 36.4 Å². The number of rotatable bonds is 4. The number of nitrogen functional groups attached to an aromatic ring is 1. The second kappa shape index (κ2) is 5.13. The number of carbonyl (C=O) groups is 1. The van der Waals surface area contributed by atoms with Crippen LogP contribution in [0.4, 0.5) is 5.69 Å². The number of aromatic amines is 1. The summed E-state index contributed by atoms with van der Waals surface area (Å²) in [5, 5.41) is 3.78. The first-order valence-electron chi connectivity index (χ1n) is 6.41. The summed E-state index contributed by atoms with van der Waals surface area (Å²) in [4.78, 5) is 15.1. The molecular weight excluding hydrogens is 254 g/mol. The fourth-order valence-corrected chi connectivity index (χ4v) is 2.12. The zero-order valence-electron chi connectivity index (χ0n) is 10.8. The lowest BCUT2D eigenvalue weighted by Crippen LogP contribution is -2.25. The van der Waals surface area contributed by atoms with Gasteiger partial charge >= 0.3 is 0 Å². The number of hydrogen-bond acceptors (Lipinski definition) is 3. The number of carbonyl (C=O) groups excluding carboxylic acids is 1. The van der Waals surface area contributed by atoms with Crippen molar-refractivity contribution in [3.8, 4) is 0 Å². The highest BCUT2D eigenvalue weighted by molar-refractivity contribution is 5.98. The largest absolute Gasteiger partial charge is 0.469 e. The molecule has 0 fully saturated rings. The van der Waals surface area contributed by atoms with Crippen LogP contribution in [0.3, 0.4) is 0 Å². The van der Waals surface area contributed by atoms with Crippen molar-refractivity contribution in [3.05, 3.63) is 54.1 Å². The number of hydrogen-bond donors (Lipinski definition) is 3. The molecule has 0 unspecified atom stereocenters. The van der Waals surface area contributed by atoms with Crippen molar-refractivity contribution in [3.63, 3.8) is 0 Å². The number of aromatic nitrogens is 1. The molecule has 0 saturated heterocycles. The normalized spacial score (nSPS) is 10.8. The van der Waals surface area contributed by atoms with Gasteiger partial charge in [0, 0.05) is 29.6 Å². The zero-order chi connectivity index (χ0) is 13.9. The van der Waals surface area contributed by atoms with Crippen molar-refractivity contribution in [2.75, 3.05) is 12.3 Å². The average Bonchev–Trinajstić information content (AvgIpc) is 3.06. The Morgan fingerprint density at radius 1 is 1.30 bits per heavy atom. The Labute approximate surface area is 115 Å². The molecule has 0 aliphatic carbocycles. The van der Waals surface area contributed by atoms with Crippen molar-refractivity contribution < 1.29 is 9.21 Å². The minimum Gasteiger partial charge on any atom is -0.469 e. The molecule has 3 aromatic rings. The lowest BCUT2D eigenvalue weighted by atomic mass is 10.2. The van der Waals surface area contributed by atoms with Gasteiger partial charge in [0.05, 0.1) is 6.26 Å². The molecule has 5 nitrogen and oxygen atoms in total. The molecule has 0 spiro atoms. The number of nitrogens with one attached hydrogen (secondary N) is 2. The molecule has 0 atom stereocenters. The van der Waals surface area contributed by atoms with Gasteiger partial charge in [-0.1, -0.05) is 0 Å². The Morgan fingerprint density at radius 3 is 3.00 bits per heavy atom. The van der Waals surface area contributed by atoms with Gasteiger partial charge in [-0.15, -0.1) is 0 Å². The first-order chi connectivity index (χ1) is 9.72. The number of benzene rings is 1. The fraction of sp³-hybridized carbons (Fsp3) is 0.133. The van der Waals surface area contributed by atoms with Crippen LogP contribution in [0.5, 0.6) is 0 Å². The Balaban J connectivity index is 1.66. The maximum atomic E-state index is 12.0. The summed E-state index contributed by atoms with van der Waals surface area (Å²) in [6.45, 7) is 0.532. The predicted octanol–water partition coefficient (Wildman–Crippen LogP) is 2.32. The van der Waals surface area contributed by atoms with Crippen molar-refractivity contribution in [1.29, 1.82) is 0 Å². The maximum absolute atomic E-state index is 12.0. The standard InChI is InChI=1S/C15H15N3O2/c16-11-3-4-13-10(8-11)9-14(18-13)15(19)17-6-5-12-2-1-7-20-12/h1-4,7-9,18H,5-6,16H2,(H,17,19). The molecule has 3 rings (SSSR count). The second-order valence-corrected chi connectivity index (χ2v) is 4.61. The highest BCUT2D eigenvalue weighted by atomic mass is 16.3. The van der Waals surface area contributed by atoms with E-state index in [4.69, 9.17) is 10.2 Å². The van der Waals surface area contributed by atoms with E-state index in [-0.39, 0.29) is 5.91 Å². The highest BCUT2D eigenvalue weighted by Gasteiger charge is 2.09. The summed E-state index contributed by atoms with van der Waals surface area (Å²) in [6.07, 6.45) is 2.30. The zero-order valence-corrected chi connectivity index (χ0v) is 10.8. The maximum Gasteiger partial charge on any atom is 0.267 e. The monoisotopic (exact) mass is 269 g/mol. The summed E-state index contributed by atoms with van der Waals surface area (Å²) >= 11 is 0. The Bertz CT molecular complexity index is 729. The van der Waals surface area contributed by atoms with Gasteiger partial charge in [0.25, 0.3) is 5.91 Å². The van der Waals surface area contributed by atoms with Crippen molar-refractivity contribution in [2.45, 2.75) is 6.42 Å². The molecule has 0 radical (unpaired) electrons. The third-order valence-corrected chi connectivity index (χ3v) is 3.13. The number of anilines is 1. The smallest absolute Gasteiger partial charge is 0.267 e. The first kappa shape index (κ1) is 12.3. The van der Waals surface area contributed by atoms with Crippen molar-refractivity contribution in [2.24, 2.45) is 0 Å². The van der Waals surface area contributed by atoms with Gasteiger partial charge in [-0.2, -0.15) is 0 Å². The van der Waals surface area contributed by atoms with Gasteiger partial charge in [0.2, 0.25) is 0 Å². The molecule has 0 aliphatic heterocycles. The van der Waals surface area contributed by atoms with Crippen LogP contribution in [0.1, 0.15) is 16.2 Å². The van der Waals surface area contributed by atoms with Crippen LogP contribution in [0, 0.1) is 0 Å². The van der Waals surface area contributed by atoms with E-state index < -0.39 is 0 Å². The molecule has 1 amide bonds. The summed E-state index contributed by atoms with van der Waals surface area (Å²) in [5.74, 6) is 0.723. The van der Waals surface area contributed by atoms with E-state index in [0.717, 1.165) is 16.7 Å². The van der Waals surface area contributed by atoms with Crippen LogP contribution >= 0.6 is 0 Å². The second-order valence-electron chi connectivity index (χ2n) is 4.61. The molecule has 0 aliphatic rings. The minimum atomic E-state index is -0.133. The van der Waals surface area contributed by atoms with E-state index in [2.05, 4.69) is 10.3 Å². The van der Waals surface area contributed by atoms with Crippen LogP contribution < -0.4 is 11.1 Å². The molecule has 4 N–H and O–H groups in total. The molecule has 102 valence electrons. The van der Waals surface area contributed by atoms with Crippen LogP contribution in [-0.2, 0) is 6.42 Å². The Morgan fingerprint density at radius 2 is 2.20 bits per heavy atom. The highest BCUT2D eigenvalue weighted by Crippen LogP contribution is 2.18. The molecule has 0 saturated carbocycles. The topological polar surface area (TPSA) is 84.0 Å². The minimum absolute atomic E-state index is 0.133. The van der Waals surface area contributed by atoms with Gasteiger partial charge in [0.1, 0.15) is 11.5 Å². The van der Waals surface area contributed by atoms with Gasteiger partial charge in [-0.3, -0.25) is 4.79 Å². The molecule has 20 heavy (non-hydrogen) atoms. The summed E-state index contributed by atoms with van der Waals surface area (Å²) in [7, 11) is 0. The molecule has 1 aromatic carbocycles. The Kier molecular flexibility index (Phi) is 3.16. The molecule has 2 aromatic heterocycles. The van der Waals surface area contributed by atoms with E-state index in [1.54, 1.807) is 18.4 Å². The number of furan rings is 1. The summed E-state index contributed by atoms with van der Waals surface area (Å²) in [5.41, 5.74) is 7.83. The van der Waals surface area contributed by atoms with E-state index in [0.29, 0.717) is 24.3 Å². The van der Waals surface area contributed by atoms with E-state index in [9.17, 15) is 4.79 Å². The third-order valence-electron chi connectivity index (χ3n) is 3.13.